The summed E-state index contributed by atoms with van der Waals surface area (Å²) in [6, 6.07) is 5.80. The number of nitrogens with one attached hydrogen (secondary N) is 1. The molecule has 190 valence electrons. The Kier molecular flexibility index (Phi) is 8.03. The lowest BCUT2D eigenvalue weighted by atomic mass is 10.1. The average Bonchev–Trinajstić information content (AvgIpc) is 3.41. The van der Waals surface area contributed by atoms with Crippen LogP contribution in [0.5, 0.6) is 0 Å². The third kappa shape index (κ3) is 6.52. The lowest BCUT2D eigenvalue weighted by molar-refractivity contribution is -0.151. The zero-order valence-electron chi connectivity index (χ0n) is 20.6. The van der Waals surface area contributed by atoms with Crippen LogP contribution in [-0.4, -0.2) is 71.3 Å². The molecule has 1 N–H and O–H groups in total. The Bertz CT molecular complexity index is 963. The summed E-state index contributed by atoms with van der Waals surface area (Å²) < 4.78 is 15.8. The number of rotatable bonds is 6. The molecule has 0 aliphatic carbocycles. The number of likely N-dealkylation sites (tertiary alicyclic amines) is 1. The summed E-state index contributed by atoms with van der Waals surface area (Å²) in [5, 5.41) is 2.55. The molecule has 0 radical (unpaired) electrons. The standard InChI is InChI=1S/C25H33N3O7/c1-6-9-19(26-23(31)35-25(2,3)4)21(29)28-15-18(12-20(28)22(30)33-5)34-24(32)27-13-16-10-7-8-11-17(16)14-27/h6-8,10-11,18-20H,1,9,12-15H2,2-5H3,(H,26,31)/t18-,19+,20?/m1/s1. The molecule has 3 amide bonds. The van der Waals surface area contributed by atoms with E-state index in [0.717, 1.165) is 11.1 Å². The molecule has 0 spiro atoms. The van der Waals surface area contributed by atoms with Gasteiger partial charge in [0.15, 0.2) is 0 Å². The fourth-order valence-corrected chi connectivity index (χ4v) is 4.20. The van der Waals surface area contributed by atoms with E-state index in [-0.39, 0.29) is 19.4 Å². The van der Waals surface area contributed by atoms with Gasteiger partial charge in [-0.3, -0.25) is 9.69 Å². The van der Waals surface area contributed by atoms with Crippen molar-refractivity contribution in [3.05, 3.63) is 48.0 Å². The van der Waals surface area contributed by atoms with Crippen molar-refractivity contribution >= 4 is 24.1 Å². The molecule has 2 aliphatic heterocycles. The summed E-state index contributed by atoms with van der Waals surface area (Å²) in [5.41, 5.74) is 1.36. The molecule has 2 aliphatic rings. The van der Waals surface area contributed by atoms with E-state index in [1.54, 1.807) is 25.7 Å². The van der Waals surface area contributed by atoms with Gasteiger partial charge in [0, 0.05) is 19.5 Å². The number of benzene rings is 1. The van der Waals surface area contributed by atoms with Gasteiger partial charge in [-0.05, 0) is 38.3 Å². The van der Waals surface area contributed by atoms with Gasteiger partial charge in [-0.2, -0.15) is 0 Å². The first-order valence-electron chi connectivity index (χ1n) is 11.5. The molecule has 0 aromatic heterocycles. The van der Waals surface area contributed by atoms with Gasteiger partial charge in [0.2, 0.25) is 5.91 Å². The lowest BCUT2D eigenvalue weighted by Gasteiger charge is -2.28. The number of ether oxygens (including phenoxy) is 3. The van der Waals surface area contributed by atoms with Gasteiger partial charge in [0.05, 0.1) is 13.7 Å². The second-order valence-corrected chi connectivity index (χ2v) is 9.62. The minimum atomic E-state index is -1.00. The predicted octanol–water partition coefficient (Wildman–Crippen LogP) is 2.75. The van der Waals surface area contributed by atoms with Crippen molar-refractivity contribution in [3.8, 4) is 0 Å². The molecule has 1 aromatic carbocycles. The number of alkyl carbamates (subject to hydrolysis) is 1. The maximum Gasteiger partial charge on any atom is 0.410 e. The summed E-state index contributed by atoms with van der Waals surface area (Å²) in [7, 11) is 1.23. The summed E-state index contributed by atoms with van der Waals surface area (Å²) in [4.78, 5) is 53.8. The van der Waals surface area contributed by atoms with Crippen LogP contribution in [0.15, 0.2) is 36.9 Å². The second kappa shape index (κ2) is 10.8. The second-order valence-electron chi connectivity index (χ2n) is 9.62. The molecule has 0 bridgehead atoms. The average molecular weight is 488 g/mol. The quantitative estimate of drug-likeness (QED) is 0.373. The smallest absolute Gasteiger partial charge is 0.410 e. The van der Waals surface area contributed by atoms with Crippen molar-refractivity contribution in [3.63, 3.8) is 0 Å². The van der Waals surface area contributed by atoms with E-state index in [4.69, 9.17) is 14.2 Å². The van der Waals surface area contributed by atoms with E-state index in [0.29, 0.717) is 13.1 Å². The highest BCUT2D eigenvalue weighted by Crippen LogP contribution is 2.27. The molecule has 10 heteroatoms. The topological polar surface area (TPSA) is 114 Å². The number of hydrogen-bond acceptors (Lipinski definition) is 7. The molecule has 1 unspecified atom stereocenters. The van der Waals surface area contributed by atoms with Crippen LogP contribution < -0.4 is 5.32 Å². The predicted molar refractivity (Wildman–Crippen MR) is 126 cm³/mol. The highest BCUT2D eigenvalue weighted by molar-refractivity contribution is 5.90. The fourth-order valence-electron chi connectivity index (χ4n) is 4.20. The van der Waals surface area contributed by atoms with Crippen LogP contribution in [0.25, 0.3) is 0 Å². The normalized spacial score (nSPS) is 20.0. The number of carbonyl (C=O) groups is 4. The molecular weight excluding hydrogens is 454 g/mol. The molecule has 2 heterocycles. The van der Waals surface area contributed by atoms with E-state index < -0.39 is 47.9 Å². The number of methoxy groups -OCH3 is 1. The van der Waals surface area contributed by atoms with Crippen molar-refractivity contribution in [2.45, 2.75) is 70.5 Å². The van der Waals surface area contributed by atoms with Gasteiger partial charge in [-0.15, -0.1) is 6.58 Å². The monoisotopic (exact) mass is 487 g/mol. The van der Waals surface area contributed by atoms with Crippen molar-refractivity contribution in [1.29, 1.82) is 0 Å². The van der Waals surface area contributed by atoms with Crippen molar-refractivity contribution in [2.75, 3.05) is 13.7 Å². The Balaban J connectivity index is 1.68. The minimum absolute atomic E-state index is 0.00519. The number of fused-ring (bicyclic) bond motifs is 1. The maximum atomic E-state index is 13.4. The van der Waals surface area contributed by atoms with Crippen molar-refractivity contribution < 1.29 is 33.4 Å². The van der Waals surface area contributed by atoms with Crippen molar-refractivity contribution in [1.82, 2.24) is 15.1 Å². The summed E-state index contributed by atoms with van der Waals surface area (Å²) >= 11 is 0. The number of esters is 1. The van der Waals surface area contributed by atoms with Crippen LogP contribution in [0.3, 0.4) is 0 Å². The van der Waals surface area contributed by atoms with Crippen LogP contribution in [-0.2, 0) is 36.9 Å². The molecule has 1 saturated heterocycles. The van der Waals surface area contributed by atoms with E-state index >= 15 is 0 Å². The molecule has 10 nitrogen and oxygen atoms in total. The first-order valence-corrected chi connectivity index (χ1v) is 11.5. The largest absolute Gasteiger partial charge is 0.467 e. The molecule has 0 saturated carbocycles. The lowest BCUT2D eigenvalue weighted by Crippen LogP contribution is -2.52. The zero-order valence-corrected chi connectivity index (χ0v) is 20.6. The van der Waals surface area contributed by atoms with E-state index in [2.05, 4.69) is 11.9 Å². The summed E-state index contributed by atoms with van der Waals surface area (Å²) in [6.45, 7) is 9.65. The van der Waals surface area contributed by atoms with Gasteiger partial charge in [-0.25, -0.2) is 14.4 Å². The van der Waals surface area contributed by atoms with Crippen LogP contribution in [0.2, 0.25) is 0 Å². The Labute approximate surface area is 205 Å². The molecule has 35 heavy (non-hydrogen) atoms. The molecule has 3 atom stereocenters. The fraction of sp³-hybridized carbons (Fsp3) is 0.520. The van der Waals surface area contributed by atoms with Gasteiger partial charge >= 0.3 is 18.2 Å². The molecule has 1 fully saturated rings. The summed E-state index contributed by atoms with van der Waals surface area (Å²) in [5.74, 6) is -1.14. The Morgan fingerprint density at radius 3 is 2.34 bits per heavy atom. The Morgan fingerprint density at radius 1 is 1.17 bits per heavy atom. The van der Waals surface area contributed by atoms with E-state index in [9.17, 15) is 19.2 Å². The SMILES string of the molecule is C=CC[C@H](NC(=O)OC(C)(C)C)C(=O)N1C[C@H](OC(=O)N2Cc3ccccc3C2)CC1C(=O)OC. The molecular formula is C25H33N3O7. The van der Waals surface area contributed by atoms with Crippen LogP contribution in [0, 0.1) is 0 Å². The highest BCUT2D eigenvalue weighted by atomic mass is 16.6. The third-order valence-corrected chi connectivity index (χ3v) is 5.78. The first kappa shape index (κ1) is 26.1. The highest BCUT2D eigenvalue weighted by Gasteiger charge is 2.44. The number of hydrogen-bond donors (Lipinski definition) is 1. The van der Waals surface area contributed by atoms with Crippen LogP contribution in [0.1, 0.15) is 44.7 Å². The van der Waals surface area contributed by atoms with Crippen LogP contribution >= 0.6 is 0 Å². The van der Waals surface area contributed by atoms with Gasteiger partial charge in [-0.1, -0.05) is 30.3 Å². The van der Waals surface area contributed by atoms with Crippen molar-refractivity contribution in [2.24, 2.45) is 0 Å². The van der Waals surface area contributed by atoms with Gasteiger partial charge in [0.1, 0.15) is 23.8 Å². The zero-order chi connectivity index (χ0) is 25.8. The number of nitrogens with zero attached hydrogens (tertiary/aromatic N) is 2. The number of carbonyl (C=O) groups excluding carboxylic acids is 4. The molecule has 3 rings (SSSR count). The van der Waals surface area contributed by atoms with Crippen LogP contribution in [0.4, 0.5) is 9.59 Å². The van der Waals surface area contributed by atoms with E-state index in [1.165, 1.54) is 18.1 Å². The molecule has 1 aromatic rings. The Hall–Kier alpha value is -3.56. The third-order valence-electron chi connectivity index (χ3n) is 5.78. The minimum Gasteiger partial charge on any atom is -0.467 e. The number of amides is 3. The van der Waals surface area contributed by atoms with E-state index in [1.807, 2.05) is 24.3 Å². The van der Waals surface area contributed by atoms with Gasteiger partial charge in [0.25, 0.3) is 0 Å². The summed E-state index contributed by atoms with van der Waals surface area (Å²) in [6.07, 6.45) is -0.269. The maximum absolute atomic E-state index is 13.4. The Morgan fingerprint density at radius 2 is 1.80 bits per heavy atom. The first-order chi connectivity index (χ1) is 16.5. The van der Waals surface area contributed by atoms with Gasteiger partial charge < -0.3 is 24.4 Å².